The van der Waals surface area contributed by atoms with E-state index >= 15 is 0 Å². The number of halogens is 1. The predicted octanol–water partition coefficient (Wildman–Crippen LogP) is 4.24. The molecule has 0 saturated carbocycles. The SMILES string of the molecule is C/C=S1\N=C(N)Nc2c(Oc3ccccc3Cl)cccc21. The Morgan fingerprint density at radius 2 is 1.95 bits per heavy atom. The molecule has 0 fully saturated rings. The molecule has 6 heteroatoms. The molecule has 4 nitrogen and oxygen atoms in total. The first-order valence-electron chi connectivity index (χ1n) is 6.38. The van der Waals surface area contributed by atoms with Gasteiger partial charge in [-0.1, -0.05) is 29.8 Å². The van der Waals surface area contributed by atoms with E-state index in [4.69, 9.17) is 22.1 Å². The molecular weight excluding hydrogens is 306 g/mol. The highest BCUT2D eigenvalue weighted by Gasteiger charge is 2.18. The number of guanidine groups is 1. The zero-order chi connectivity index (χ0) is 14.8. The maximum absolute atomic E-state index is 6.14. The molecule has 0 amide bonds. The summed E-state index contributed by atoms with van der Waals surface area (Å²) in [6, 6.07) is 13.2. The first-order valence-corrected chi connectivity index (χ1v) is 8.00. The van der Waals surface area contributed by atoms with E-state index in [1.165, 1.54) is 0 Å². The number of nitrogens with one attached hydrogen (secondary N) is 1. The van der Waals surface area contributed by atoms with Crippen LogP contribution in [0.3, 0.4) is 0 Å². The molecule has 1 atom stereocenters. The van der Waals surface area contributed by atoms with Crippen LogP contribution in [0.2, 0.25) is 5.02 Å². The number of ether oxygens (including phenoxy) is 1. The molecule has 1 aliphatic heterocycles. The zero-order valence-corrected chi connectivity index (χ0v) is 12.9. The Morgan fingerprint density at radius 3 is 2.71 bits per heavy atom. The molecule has 0 spiro atoms. The van der Waals surface area contributed by atoms with E-state index in [1.807, 2.05) is 48.7 Å². The molecule has 3 rings (SSSR count). The summed E-state index contributed by atoms with van der Waals surface area (Å²) in [5.41, 5.74) is 6.69. The first kappa shape index (κ1) is 14.0. The molecule has 1 unspecified atom stereocenters. The fourth-order valence-corrected chi connectivity index (χ4v) is 3.49. The summed E-state index contributed by atoms with van der Waals surface area (Å²) in [6.45, 7) is 1.97. The number of nitrogens with zero attached hydrogens (tertiary/aromatic N) is 1. The number of benzene rings is 2. The molecule has 0 bridgehead atoms. The minimum Gasteiger partial charge on any atom is -0.454 e. The number of nitrogens with two attached hydrogens (primary N) is 1. The van der Waals surface area contributed by atoms with E-state index in [2.05, 4.69) is 9.71 Å². The van der Waals surface area contributed by atoms with Crippen molar-refractivity contribution in [3.8, 4) is 11.5 Å². The van der Waals surface area contributed by atoms with Gasteiger partial charge in [0.1, 0.15) is 5.75 Å². The topological polar surface area (TPSA) is 59.6 Å². The molecule has 3 N–H and O–H groups in total. The maximum Gasteiger partial charge on any atom is 0.204 e. The molecule has 0 aromatic heterocycles. The van der Waals surface area contributed by atoms with Crippen molar-refractivity contribution in [2.75, 3.05) is 5.32 Å². The molecule has 1 aliphatic rings. The van der Waals surface area contributed by atoms with E-state index in [-0.39, 0.29) is 10.7 Å². The highest BCUT2D eigenvalue weighted by atomic mass is 35.5. The Bertz CT molecular complexity index is 758. The number of rotatable bonds is 2. The van der Waals surface area contributed by atoms with Crippen LogP contribution in [-0.2, 0) is 0 Å². The lowest BCUT2D eigenvalue weighted by molar-refractivity contribution is 0.484. The van der Waals surface area contributed by atoms with Gasteiger partial charge in [-0.15, -0.1) is 0 Å². The second-order valence-corrected chi connectivity index (χ2v) is 6.44. The summed E-state index contributed by atoms with van der Waals surface area (Å²) >= 11 is 6.14. The van der Waals surface area contributed by atoms with Gasteiger partial charge in [0.25, 0.3) is 0 Å². The molecule has 1 heterocycles. The number of hydrogen-bond acceptors (Lipinski definition) is 4. The van der Waals surface area contributed by atoms with Gasteiger partial charge in [0, 0.05) is 0 Å². The van der Waals surface area contributed by atoms with Crippen molar-refractivity contribution in [1.82, 2.24) is 0 Å². The van der Waals surface area contributed by atoms with Crippen LogP contribution in [0.15, 0.2) is 51.8 Å². The summed E-state index contributed by atoms with van der Waals surface area (Å²) in [7, 11) is -0.368. The molecule has 2 aromatic carbocycles. The van der Waals surface area contributed by atoms with Crippen LogP contribution < -0.4 is 15.8 Å². The van der Waals surface area contributed by atoms with Crippen LogP contribution in [0.25, 0.3) is 0 Å². The van der Waals surface area contributed by atoms with Gasteiger partial charge in [-0.25, -0.2) is 0 Å². The van der Waals surface area contributed by atoms with Crippen LogP contribution in [0.1, 0.15) is 6.92 Å². The molecule has 108 valence electrons. The van der Waals surface area contributed by atoms with Crippen molar-refractivity contribution in [1.29, 1.82) is 0 Å². The number of fused-ring (bicyclic) bond motifs is 1. The lowest BCUT2D eigenvalue weighted by Crippen LogP contribution is -2.24. The van der Waals surface area contributed by atoms with Crippen LogP contribution in [0, 0.1) is 0 Å². The highest BCUT2D eigenvalue weighted by molar-refractivity contribution is 8.14. The first-order chi connectivity index (χ1) is 10.2. The monoisotopic (exact) mass is 319 g/mol. The van der Waals surface area contributed by atoms with Crippen LogP contribution >= 0.6 is 22.3 Å². The molecule has 0 saturated heterocycles. The zero-order valence-electron chi connectivity index (χ0n) is 11.3. The Balaban J connectivity index is 2.05. The number of anilines is 1. The third-order valence-electron chi connectivity index (χ3n) is 2.94. The Kier molecular flexibility index (Phi) is 3.86. The minimum atomic E-state index is -0.368. The average Bonchev–Trinajstić information content (AvgIpc) is 2.49. The van der Waals surface area contributed by atoms with Gasteiger partial charge in [-0.3, -0.25) is 0 Å². The van der Waals surface area contributed by atoms with E-state index in [0.717, 1.165) is 10.6 Å². The Hall–Kier alpha value is -1.98. The van der Waals surface area contributed by atoms with Gasteiger partial charge in [-0.05, 0) is 47.2 Å². The molecule has 2 aromatic rings. The molecule has 0 aliphatic carbocycles. The average molecular weight is 320 g/mol. The van der Waals surface area contributed by atoms with Crippen LogP contribution in [0.5, 0.6) is 11.5 Å². The van der Waals surface area contributed by atoms with Crippen molar-refractivity contribution < 1.29 is 4.74 Å². The van der Waals surface area contributed by atoms with Gasteiger partial charge < -0.3 is 15.8 Å². The van der Waals surface area contributed by atoms with Gasteiger partial charge in [-0.2, -0.15) is 4.40 Å². The van der Waals surface area contributed by atoms with E-state index in [1.54, 1.807) is 6.07 Å². The predicted molar refractivity (Wildman–Crippen MR) is 90.8 cm³/mol. The van der Waals surface area contributed by atoms with Crippen molar-refractivity contribution in [2.24, 2.45) is 10.1 Å². The third kappa shape index (κ3) is 2.75. The smallest absolute Gasteiger partial charge is 0.204 e. The van der Waals surface area contributed by atoms with Crippen molar-refractivity contribution >= 4 is 39.3 Å². The fraction of sp³-hybridized carbons (Fsp3) is 0.0667. The normalized spacial score (nSPS) is 16.9. The van der Waals surface area contributed by atoms with Gasteiger partial charge in [0.15, 0.2) is 5.75 Å². The van der Waals surface area contributed by atoms with Crippen LogP contribution in [-0.4, -0.2) is 11.3 Å². The van der Waals surface area contributed by atoms with Gasteiger partial charge in [0.05, 0.1) is 15.6 Å². The summed E-state index contributed by atoms with van der Waals surface area (Å²) in [4.78, 5) is 1.05. The Labute approximate surface area is 130 Å². The van der Waals surface area contributed by atoms with E-state index in [9.17, 15) is 0 Å². The molecule has 0 radical (unpaired) electrons. The summed E-state index contributed by atoms with van der Waals surface area (Å²) in [5.74, 6) is 1.67. The standard InChI is InChI=1S/C15H14ClN3OS/c1-2-21-13-9-5-8-12(14(13)18-15(17)19-21)20-11-7-4-3-6-10(11)16/h2-9H,1H3,(H3,17,18,19). The highest BCUT2D eigenvalue weighted by Crippen LogP contribution is 2.44. The largest absolute Gasteiger partial charge is 0.454 e. The maximum atomic E-state index is 6.14. The number of para-hydroxylation sites is 2. The van der Waals surface area contributed by atoms with Gasteiger partial charge >= 0.3 is 0 Å². The third-order valence-corrected chi connectivity index (χ3v) is 4.89. The molecular formula is C15H14ClN3OS. The van der Waals surface area contributed by atoms with Crippen molar-refractivity contribution in [2.45, 2.75) is 11.8 Å². The summed E-state index contributed by atoms with van der Waals surface area (Å²) in [5, 5.41) is 5.66. The lowest BCUT2D eigenvalue weighted by atomic mass is 10.3. The summed E-state index contributed by atoms with van der Waals surface area (Å²) < 4.78 is 10.3. The van der Waals surface area contributed by atoms with Crippen molar-refractivity contribution in [3.05, 3.63) is 47.5 Å². The Morgan fingerprint density at radius 1 is 1.19 bits per heavy atom. The second-order valence-electron chi connectivity index (χ2n) is 4.31. The second kappa shape index (κ2) is 5.79. The van der Waals surface area contributed by atoms with Crippen molar-refractivity contribution in [3.63, 3.8) is 0 Å². The minimum absolute atomic E-state index is 0.368. The van der Waals surface area contributed by atoms with Gasteiger partial charge in [0.2, 0.25) is 5.96 Å². The molecule has 21 heavy (non-hydrogen) atoms. The summed E-state index contributed by atoms with van der Waals surface area (Å²) in [6.07, 6.45) is 0. The quantitative estimate of drug-likeness (QED) is 0.814. The number of hydrogen-bond donors (Lipinski definition) is 2. The van der Waals surface area contributed by atoms with Crippen LogP contribution in [0.4, 0.5) is 5.69 Å². The fourth-order valence-electron chi connectivity index (χ4n) is 2.03. The van der Waals surface area contributed by atoms with E-state index in [0.29, 0.717) is 22.5 Å². The van der Waals surface area contributed by atoms with E-state index < -0.39 is 0 Å². The lowest BCUT2D eigenvalue weighted by Gasteiger charge is -2.21.